The topological polar surface area (TPSA) is 108 Å². The summed E-state index contributed by atoms with van der Waals surface area (Å²) in [6.45, 7) is 3.95. The van der Waals surface area contributed by atoms with Crippen LogP contribution in [-0.4, -0.2) is 41.6 Å². The molecule has 0 aromatic heterocycles. The van der Waals surface area contributed by atoms with Crippen LogP contribution in [0.15, 0.2) is 36.4 Å². The van der Waals surface area contributed by atoms with Crippen LogP contribution in [-0.2, 0) is 17.9 Å². The van der Waals surface area contributed by atoms with Crippen LogP contribution in [0.2, 0.25) is 0 Å². The van der Waals surface area contributed by atoms with E-state index in [4.69, 9.17) is 9.84 Å². The van der Waals surface area contributed by atoms with E-state index >= 15 is 0 Å². The Morgan fingerprint density at radius 3 is 2.63 bits per heavy atom. The number of hydrogen-bond donors (Lipinski definition) is 3. The first-order chi connectivity index (χ1) is 14.4. The van der Waals surface area contributed by atoms with Crippen molar-refractivity contribution in [3.63, 3.8) is 0 Å². The lowest BCUT2D eigenvalue weighted by Gasteiger charge is -2.15. The molecule has 0 fully saturated rings. The van der Waals surface area contributed by atoms with Crippen molar-refractivity contribution in [2.75, 3.05) is 19.0 Å². The van der Waals surface area contributed by atoms with Crippen molar-refractivity contribution in [2.45, 2.75) is 26.9 Å². The molecule has 0 saturated carbocycles. The van der Waals surface area contributed by atoms with E-state index in [1.807, 2.05) is 13.8 Å². The number of fused-ring (bicyclic) bond motifs is 1. The number of imide groups is 1. The highest BCUT2D eigenvalue weighted by atomic mass is 19.1. The molecule has 1 aliphatic heterocycles. The van der Waals surface area contributed by atoms with Crippen molar-refractivity contribution < 1.29 is 28.6 Å². The SMILES string of the molecule is CC.COc1ccc(F)c(CNc2cccc3c2CN(CC(=O)NC(=O)O)C3=O)c1. The lowest BCUT2D eigenvalue weighted by Crippen LogP contribution is -2.39. The van der Waals surface area contributed by atoms with E-state index in [1.165, 1.54) is 24.1 Å². The van der Waals surface area contributed by atoms with E-state index in [2.05, 4.69) is 5.32 Å². The second-order valence-corrected chi connectivity index (χ2v) is 6.16. The maximum absolute atomic E-state index is 14.0. The third kappa shape index (κ3) is 5.25. The standard InChI is InChI=1S/C19H18FN3O5.C2H6/c1-28-12-5-6-15(20)11(7-12)8-21-16-4-2-3-13-14(16)9-23(18(13)25)10-17(24)22-19(26)27;1-2/h2-7,21H,8-10H2,1H3,(H,22,24)(H,26,27);1-2H3. The van der Waals surface area contributed by atoms with Gasteiger partial charge in [-0.2, -0.15) is 0 Å². The number of amides is 3. The highest BCUT2D eigenvalue weighted by Gasteiger charge is 2.30. The first kappa shape index (κ1) is 22.7. The minimum absolute atomic E-state index is 0.144. The fraction of sp³-hybridized carbons (Fsp3) is 0.286. The van der Waals surface area contributed by atoms with Gasteiger partial charge in [0.25, 0.3) is 5.91 Å². The van der Waals surface area contributed by atoms with Gasteiger partial charge in [0.1, 0.15) is 18.1 Å². The Kier molecular flexibility index (Phi) is 7.74. The molecule has 3 amide bonds. The lowest BCUT2D eigenvalue weighted by molar-refractivity contribution is -0.121. The van der Waals surface area contributed by atoms with Gasteiger partial charge in [-0.3, -0.25) is 14.9 Å². The molecule has 3 rings (SSSR count). The second kappa shape index (κ2) is 10.2. The van der Waals surface area contributed by atoms with Gasteiger partial charge in [-0.15, -0.1) is 0 Å². The molecule has 0 radical (unpaired) electrons. The fourth-order valence-electron chi connectivity index (χ4n) is 3.02. The summed E-state index contributed by atoms with van der Waals surface area (Å²) < 4.78 is 19.1. The maximum atomic E-state index is 14.0. The van der Waals surface area contributed by atoms with Gasteiger partial charge in [-0.05, 0) is 30.3 Å². The quantitative estimate of drug-likeness (QED) is 0.666. The molecule has 0 bridgehead atoms. The van der Waals surface area contributed by atoms with Crippen LogP contribution in [0.5, 0.6) is 5.75 Å². The number of anilines is 1. The highest BCUT2D eigenvalue weighted by molar-refractivity contribution is 6.02. The summed E-state index contributed by atoms with van der Waals surface area (Å²) in [5.41, 5.74) is 2.12. The molecule has 0 saturated heterocycles. The molecule has 0 atom stereocenters. The Hall–Kier alpha value is -3.62. The number of nitrogens with zero attached hydrogens (tertiary/aromatic N) is 1. The minimum atomic E-state index is -1.48. The number of halogens is 1. The molecular weight excluding hydrogens is 393 g/mol. The van der Waals surface area contributed by atoms with Gasteiger partial charge in [0.05, 0.1) is 7.11 Å². The zero-order chi connectivity index (χ0) is 22.3. The summed E-state index contributed by atoms with van der Waals surface area (Å²) in [6.07, 6.45) is -1.48. The number of carboxylic acid groups (broad SMARTS) is 1. The Bertz CT molecular complexity index is 948. The van der Waals surface area contributed by atoms with Crippen LogP contribution in [0.25, 0.3) is 0 Å². The number of benzene rings is 2. The largest absolute Gasteiger partial charge is 0.497 e. The fourth-order valence-corrected chi connectivity index (χ4v) is 3.02. The van der Waals surface area contributed by atoms with Crippen LogP contribution in [0, 0.1) is 5.82 Å². The van der Waals surface area contributed by atoms with E-state index in [0.29, 0.717) is 28.1 Å². The van der Waals surface area contributed by atoms with E-state index < -0.39 is 12.0 Å². The van der Waals surface area contributed by atoms with Crippen molar-refractivity contribution in [3.8, 4) is 5.75 Å². The van der Waals surface area contributed by atoms with Crippen molar-refractivity contribution >= 4 is 23.6 Å². The average Bonchev–Trinajstić information content (AvgIpc) is 3.04. The molecule has 2 aromatic rings. The van der Waals surface area contributed by atoms with Crippen LogP contribution in [0.1, 0.15) is 35.3 Å². The Morgan fingerprint density at radius 1 is 1.23 bits per heavy atom. The maximum Gasteiger partial charge on any atom is 0.411 e. The van der Waals surface area contributed by atoms with Crippen molar-refractivity contribution in [3.05, 3.63) is 58.9 Å². The zero-order valence-electron chi connectivity index (χ0n) is 17.0. The number of carbonyl (C=O) groups is 3. The Morgan fingerprint density at radius 2 is 1.97 bits per heavy atom. The lowest BCUT2D eigenvalue weighted by atomic mass is 10.1. The van der Waals surface area contributed by atoms with Crippen LogP contribution in [0.3, 0.4) is 0 Å². The molecular formula is C21H24FN3O5. The van der Waals surface area contributed by atoms with Gasteiger partial charge in [0.2, 0.25) is 5.91 Å². The molecule has 8 nitrogen and oxygen atoms in total. The summed E-state index contributed by atoms with van der Waals surface area (Å²) in [6, 6.07) is 9.49. The third-order valence-corrected chi connectivity index (χ3v) is 4.35. The molecule has 9 heteroatoms. The van der Waals surface area contributed by atoms with Crippen molar-refractivity contribution in [1.82, 2.24) is 10.2 Å². The highest BCUT2D eigenvalue weighted by Crippen LogP contribution is 2.30. The van der Waals surface area contributed by atoms with Gasteiger partial charge in [0.15, 0.2) is 0 Å². The third-order valence-electron chi connectivity index (χ3n) is 4.35. The van der Waals surface area contributed by atoms with E-state index in [-0.39, 0.29) is 31.4 Å². The molecule has 1 heterocycles. The molecule has 0 spiro atoms. The molecule has 1 aliphatic rings. The number of carbonyl (C=O) groups excluding carboxylic acids is 2. The molecule has 2 aromatic carbocycles. The van der Waals surface area contributed by atoms with E-state index in [0.717, 1.165) is 0 Å². The molecule has 30 heavy (non-hydrogen) atoms. The van der Waals surface area contributed by atoms with Crippen molar-refractivity contribution in [1.29, 1.82) is 0 Å². The summed E-state index contributed by atoms with van der Waals surface area (Å²) in [4.78, 5) is 35.9. The number of nitrogens with one attached hydrogen (secondary N) is 2. The van der Waals surface area contributed by atoms with Crippen LogP contribution in [0.4, 0.5) is 14.9 Å². The Balaban J connectivity index is 0.00000155. The van der Waals surface area contributed by atoms with E-state index in [9.17, 15) is 18.8 Å². The first-order valence-corrected chi connectivity index (χ1v) is 9.39. The predicted octanol–water partition coefficient (Wildman–Crippen LogP) is 3.22. The monoisotopic (exact) mass is 417 g/mol. The van der Waals surface area contributed by atoms with Gasteiger partial charge in [0, 0.05) is 35.5 Å². The first-order valence-electron chi connectivity index (χ1n) is 9.39. The van der Waals surface area contributed by atoms with Gasteiger partial charge in [-0.1, -0.05) is 19.9 Å². The van der Waals surface area contributed by atoms with Gasteiger partial charge in [-0.25, -0.2) is 9.18 Å². The molecule has 3 N–H and O–H groups in total. The second-order valence-electron chi connectivity index (χ2n) is 6.16. The summed E-state index contributed by atoms with van der Waals surface area (Å²) >= 11 is 0. The van der Waals surface area contributed by atoms with Crippen LogP contribution >= 0.6 is 0 Å². The number of hydrogen-bond acceptors (Lipinski definition) is 5. The summed E-state index contributed by atoms with van der Waals surface area (Å²) in [5, 5.41) is 13.4. The molecule has 0 unspecified atom stereocenters. The number of methoxy groups -OCH3 is 1. The predicted molar refractivity (Wildman–Crippen MR) is 109 cm³/mol. The summed E-state index contributed by atoms with van der Waals surface area (Å²) in [5.74, 6) is -1.01. The van der Waals surface area contributed by atoms with Gasteiger partial charge >= 0.3 is 6.09 Å². The van der Waals surface area contributed by atoms with Crippen LogP contribution < -0.4 is 15.4 Å². The van der Waals surface area contributed by atoms with E-state index in [1.54, 1.807) is 29.6 Å². The molecule has 0 aliphatic carbocycles. The molecule has 160 valence electrons. The summed E-state index contributed by atoms with van der Waals surface area (Å²) in [7, 11) is 1.50. The minimum Gasteiger partial charge on any atom is -0.497 e. The number of rotatable bonds is 6. The average molecular weight is 417 g/mol. The van der Waals surface area contributed by atoms with Gasteiger partial charge < -0.3 is 20.1 Å². The number of ether oxygens (including phenoxy) is 1. The Labute approximate surface area is 173 Å². The smallest absolute Gasteiger partial charge is 0.411 e. The van der Waals surface area contributed by atoms with Crippen molar-refractivity contribution in [2.24, 2.45) is 0 Å². The normalized spacial score (nSPS) is 11.9. The zero-order valence-corrected chi connectivity index (χ0v) is 17.0.